The van der Waals surface area contributed by atoms with Crippen molar-refractivity contribution in [3.8, 4) is 0 Å². The summed E-state index contributed by atoms with van der Waals surface area (Å²) in [6.45, 7) is 32.6. The van der Waals surface area contributed by atoms with Gasteiger partial charge in [-0.05, 0) is 34.6 Å². The number of rotatable bonds is 8. The van der Waals surface area contributed by atoms with E-state index in [0.717, 1.165) is 0 Å². The van der Waals surface area contributed by atoms with Crippen molar-refractivity contribution in [2.45, 2.75) is 136 Å². The summed E-state index contributed by atoms with van der Waals surface area (Å²) < 4.78 is 6.15. The molecule has 0 aliphatic heterocycles. The molecule has 1 atom stereocenters. The van der Waals surface area contributed by atoms with Crippen LogP contribution in [0.2, 0.25) is 54.4 Å². The van der Waals surface area contributed by atoms with Crippen molar-refractivity contribution >= 4 is 36.7 Å². The van der Waals surface area contributed by atoms with Gasteiger partial charge in [-0.1, -0.05) is 88.5 Å². The first-order valence-electron chi connectivity index (χ1n) is 11.7. The molecule has 0 aliphatic rings. The van der Waals surface area contributed by atoms with E-state index < -0.39 is 30.8 Å². The number of hydrogen-bond acceptors (Lipinski definition) is 4. The van der Waals surface area contributed by atoms with Crippen LogP contribution in [0.15, 0.2) is 0 Å². The lowest BCUT2D eigenvalue weighted by Gasteiger charge is -2.42. The highest BCUT2D eigenvalue weighted by Crippen LogP contribution is 2.38. The molecular weight excluding hydrogens is 437 g/mol. The molecule has 1 amide bonds. The predicted octanol–water partition coefficient (Wildman–Crippen LogP) is 6.40. The van der Waals surface area contributed by atoms with Crippen molar-refractivity contribution < 1.29 is 14.0 Å². The van der Waals surface area contributed by atoms with Crippen molar-refractivity contribution in [2.24, 2.45) is 0 Å². The standard InChI is InChI=1S/C23H52N2O3Si3/c1-21(2,3)29(10,11)24-18(20(27)28-31(14,15)23(7,8)9)16-17-19(26)25-30(12,13)22(4,5)6/h18,24H,16-17H2,1-15H3,(H,25,26)/t18-/m0/s1. The molecule has 0 spiro atoms. The van der Waals surface area contributed by atoms with Crippen LogP contribution in [0.4, 0.5) is 0 Å². The zero-order chi connectivity index (χ0) is 25.3. The quantitative estimate of drug-likeness (QED) is 0.388. The van der Waals surface area contributed by atoms with Gasteiger partial charge < -0.3 is 14.4 Å². The maximum absolute atomic E-state index is 13.3. The first-order valence-corrected chi connectivity index (χ1v) is 20.6. The van der Waals surface area contributed by atoms with Gasteiger partial charge in [0.2, 0.25) is 5.91 Å². The average molecular weight is 489 g/mol. The molecule has 0 saturated heterocycles. The van der Waals surface area contributed by atoms with Crippen LogP contribution in [-0.4, -0.2) is 42.7 Å². The molecule has 31 heavy (non-hydrogen) atoms. The Balaban J connectivity index is 5.57. The van der Waals surface area contributed by atoms with E-state index in [1.54, 1.807) is 0 Å². The van der Waals surface area contributed by atoms with E-state index in [0.29, 0.717) is 12.8 Å². The highest BCUT2D eigenvalue weighted by Gasteiger charge is 2.44. The van der Waals surface area contributed by atoms with Crippen molar-refractivity contribution in [3.63, 3.8) is 0 Å². The molecule has 0 aromatic heterocycles. The van der Waals surface area contributed by atoms with E-state index in [-0.39, 0.29) is 27.0 Å². The fourth-order valence-corrected chi connectivity index (χ4v) is 5.97. The molecule has 0 aromatic rings. The Morgan fingerprint density at radius 3 is 1.52 bits per heavy atom. The normalized spacial score (nSPS) is 15.5. The van der Waals surface area contributed by atoms with Gasteiger partial charge >= 0.3 is 5.97 Å². The Morgan fingerprint density at radius 1 is 0.742 bits per heavy atom. The Bertz CT molecular complexity index is 640. The third-order valence-corrected chi connectivity index (χ3v) is 21.6. The van der Waals surface area contributed by atoms with Gasteiger partial charge in [0.05, 0.1) is 6.04 Å². The molecule has 8 heteroatoms. The lowest BCUT2D eigenvalue weighted by atomic mass is 10.2. The van der Waals surface area contributed by atoms with Crippen molar-refractivity contribution in [1.29, 1.82) is 0 Å². The van der Waals surface area contributed by atoms with Gasteiger partial charge in [-0.15, -0.1) is 0 Å². The second-order valence-corrected chi connectivity index (χ2v) is 28.5. The maximum atomic E-state index is 13.3. The summed E-state index contributed by atoms with van der Waals surface area (Å²) in [6, 6.07) is -0.458. The second-order valence-electron chi connectivity index (χ2n) is 13.7. The zero-order valence-corrected chi connectivity index (χ0v) is 26.2. The second kappa shape index (κ2) is 9.81. The molecule has 5 nitrogen and oxygen atoms in total. The van der Waals surface area contributed by atoms with E-state index >= 15 is 0 Å². The van der Waals surface area contributed by atoms with Gasteiger partial charge in [-0.2, -0.15) is 0 Å². The van der Waals surface area contributed by atoms with E-state index in [2.05, 4.69) is 112 Å². The van der Waals surface area contributed by atoms with Gasteiger partial charge in [-0.25, -0.2) is 0 Å². The van der Waals surface area contributed by atoms with E-state index in [1.165, 1.54) is 0 Å². The first kappa shape index (κ1) is 30.6. The molecular formula is C23H52N2O3Si3. The number of carbonyl (C=O) groups excluding carboxylic acids is 2. The van der Waals surface area contributed by atoms with Crippen LogP contribution >= 0.6 is 0 Å². The van der Waals surface area contributed by atoms with Crippen LogP contribution in [0.1, 0.15) is 75.2 Å². The number of carbonyl (C=O) groups is 2. The Labute approximate surface area is 196 Å². The molecule has 184 valence electrons. The summed E-state index contributed by atoms with van der Waals surface area (Å²) in [7, 11) is -6.13. The predicted molar refractivity (Wildman–Crippen MR) is 142 cm³/mol. The molecule has 0 rings (SSSR count). The first-order chi connectivity index (χ1) is 13.3. The Morgan fingerprint density at radius 2 is 1.16 bits per heavy atom. The minimum atomic E-state index is -2.24. The van der Waals surface area contributed by atoms with Crippen LogP contribution < -0.4 is 9.96 Å². The lowest BCUT2D eigenvalue weighted by Crippen LogP contribution is -2.60. The zero-order valence-electron chi connectivity index (χ0n) is 23.2. The largest absolute Gasteiger partial charge is 0.518 e. The number of hydrogen-bond donors (Lipinski definition) is 2. The minimum absolute atomic E-state index is 0.0359. The molecule has 0 unspecified atom stereocenters. The molecule has 0 aliphatic carbocycles. The third kappa shape index (κ3) is 8.78. The van der Waals surface area contributed by atoms with Gasteiger partial charge in [0.25, 0.3) is 8.32 Å². The van der Waals surface area contributed by atoms with Gasteiger partial charge in [0.1, 0.15) is 8.24 Å². The molecule has 2 N–H and O–H groups in total. The monoisotopic (exact) mass is 488 g/mol. The highest BCUT2D eigenvalue weighted by atomic mass is 28.4. The van der Waals surface area contributed by atoms with Crippen LogP contribution in [0, 0.1) is 0 Å². The minimum Gasteiger partial charge on any atom is -0.518 e. The topological polar surface area (TPSA) is 67.4 Å². The SMILES string of the molecule is CC(C)(C)[Si](C)(C)NC(=O)CC[C@H](N[Si](C)(C)C(C)(C)C)C(=O)O[Si](C)(C)C(C)(C)C. The van der Waals surface area contributed by atoms with Crippen molar-refractivity contribution in [1.82, 2.24) is 9.96 Å². The summed E-state index contributed by atoms with van der Waals surface area (Å²) in [6.07, 6.45) is 0.784. The van der Waals surface area contributed by atoms with E-state index in [1.807, 2.05) is 0 Å². The summed E-state index contributed by atoms with van der Waals surface area (Å²) in [4.78, 5) is 33.1. The van der Waals surface area contributed by atoms with Crippen LogP contribution in [-0.2, 0) is 14.0 Å². The van der Waals surface area contributed by atoms with Crippen LogP contribution in [0.5, 0.6) is 0 Å². The maximum Gasteiger partial charge on any atom is 0.309 e. The average Bonchev–Trinajstić information content (AvgIpc) is 2.46. The smallest absolute Gasteiger partial charge is 0.309 e. The lowest BCUT2D eigenvalue weighted by molar-refractivity contribution is -0.137. The molecule has 0 fully saturated rings. The van der Waals surface area contributed by atoms with Gasteiger partial charge in [0.15, 0.2) is 8.24 Å². The number of nitrogens with one attached hydrogen (secondary N) is 2. The van der Waals surface area contributed by atoms with Gasteiger partial charge in [-0.3, -0.25) is 9.59 Å². The Kier molecular flexibility index (Phi) is 9.67. The van der Waals surface area contributed by atoms with Gasteiger partial charge in [0, 0.05) is 6.42 Å². The summed E-state index contributed by atoms with van der Waals surface area (Å²) in [5.74, 6) is -0.162. The van der Waals surface area contributed by atoms with Crippen LogP contribution in [0.3, 0.4) is 0 Å². The summed E-state index contributed by atoms with van der Waals surface area (Å²) >= 11 is 0. The number of amides is 1. The van der Waals surface area contributed by atoms with E-state index in [4.69, 9.17) is 4.43 Å². The summed E-state index contributed by atoms with van der Waals surface area (Å²) in [5.41, 5.74) is 0. The molecule has 0 saturated carbocycles. The fraction of sp³-hybridized carbons (Fsp3) is 0.913. The molecule has 0 heterocycles. The van der Waals surface area contributed by atoms with Crippen molar-refractivity contribution in [2.75, 3.05) is 0 Å². The molecule has 0 bridgehead atoms. The summed E-state index contributed by atoms with van der Waals surface area (Å²) in [5, 5.41) is 0.0957. The van der Waals surface area contributed by atoms with E-state index in [9.17, 15) is 9.59 Å². The highest BCUT2D eigenvalue weighted by molar-refractivity contribution is 6.80. The Hall–Kier alpha value is -0.449. The molecule has 0 radical (unpaired) electrons. The molecule has 0 aromatic carbocycles. The van der Waals surface area contributed by atoms with Crippen molar-refractivity contribution in [3.05, 3.63) is 0 Å². The fourth-order valence-electron chi connectivity index (χ4n) is 2.25. The van der Waals surface area contributed by atoms with Crippen LogP contribution in [0.25, 0.3) is 0 Å². The third-order valence-electron chi connectivity index (χ3n) is 7.84.